The first-order valence-electron chi connectivity index (χ1n) is 12.4. The third-order valence-electron chi connectivity index (χ3n) is 6.52. The van der Waals surface area contributed by atoms with Crippen LogP contribution in [0.25, 0.3) is 0 Å². The van der Waals surface area contributed by atoms with Gasteiger partial charge in [0.05, 0.1) is 0 Å². The van der Waals surface area contributed by atoms with Gasteiger partial charge in [0.25, 0.3) is 5.91 Å². The number of hydrogen-bond donors (Lipinski definition) is 2. The van der Waals surface area contributed by atoms with Gasteiger partial charge in [-0.25, -0.2) is 22.3 Å². The summed E-state index contributed by atoms with van der Waals surface area (Å²) >= 11 is 0. The fourth-order valence-corrected chi connectivity index (χ4v) is 5.78. The van der Waals surface area contributed by atoms with E-state index in [0.29, 0.717) is 31.5 Å². The van der Waals surface area contributed by atoms with Gasteiger partial charge in [0.15, 0.2) is 0 Å². The smallest absolute Gasteiger partial charge is 0.410 e. The Bertz CT molecular complexity index is 1270. The van der Waals surface area contributed by atoms with Crippen molar-refractivity contribution in [3.8, 4) is 0 Å². The lowest BCUT2D eigenvalue weighted by molar-refractivity contribution is 0.0174. The SMILES string of the molecule is Cc1ccccc1C(=O)Nc1ccc(S(=O)(=O)N[C@H](C)C2CCN(C(=O)OC(C)(C)C)CC2)c(F)c1C. The number of carbonyl (C=O) groups excluding carboxylic acids is 2. The molecule has 0 bridgehead atoms. The average Bonchev–Trinajstić information content (AvgIpc) is 2.81. The number of carbonyl (C=O) groups is 2. The van der Waals surface area contributed by atoms with E-state index in [2.05, 4.69) is 10.0 Å². The van der Waals surface area contributed by atoms with Crippen molar-refractivity contribution in [2.24, 2.45) is 5.92 Å². The molecule has 3 rings (SSSR count). The number of halogens is 1. The first-order valence-corrected chi connectivity index (χ1v) is 13.8. The summed E-state index contributed by atoms with van der Waals surface area (Å²) in [6, 6.07) is 9.10. The molecule has 1 fully saturated rings. The van der Waals surface area contributed by atoms with Crippen molar-refractivity contribution in [2.75, 3.05) is 18.4 Å². The number of piperidine rings is 1. The molecule has 10 heteroatoms. The summed E-state index contributed by atoms with van der Waals surface area (Å²) in [5, 5.41) is 2.67. The highest BCUT2D eigenvalue weighted by atomic mass is 32.2. The maximum atomic E-state index is 15.2. The van der Waals surface area contributed by atoms with E-state index >= 15 is 4.39 Å². The second kappa shape index (κ2) is 11.2. The van der Waals surface area contributed by atoms with Crippen molar-refractivity contribution in [2.45, 2.75) is 70.9 Å². The lowest BCUT2D eigenvalue weighted by atomic mass is 9.91. The fraction of sp³-hybridized carbons (Fsp3) is 0.481. The maximum Gasteiger partial charge on any atom is 0.410 e. The Morgan fingerprint density at radius 2 is 1.70 bits per heavy atom. The zero-order valence-corrected chi connectivity index (χ0v) is 23.0. The van der Waals surface area contributed by atoms with Crippen molar-refractivity contribution >= 4 is 27.7 Å². The number of rotatable bonds is 6. The van der Waals surface area contributed by atoms with Crippen LogP contribution in [0.2, 0.25) is 0 Å². The maximum absolute atomic E-state index is 15.2. The Hall–Kier alpha value is -2.98. The molecule has 1 saturated heterocycles. The third-order valence-corrected chi connectivity index (χ3v) is 8.09. The van der Waals surface area contributed by atoms with E-state index in [-0.39, 0.29) is 23.3 Å². The van der Waals surface area contributed by atoms with Crippen LogP contribution in [0, 0.1) is 25.6 Å². The molecule has 2 N–H and O–H groups in total. The Labute approximate surface area is 218 Å². The van der Waals surface area contributed by atoms with Crippen molar-refractivity contribution in [1.82, 2.24) is 9.62 Å². The topological polar surface area (TPSA) is 105 Å². The van der Waals surface area contributed by atoms with Crippen LogP contribution in [0.5, 0.6) is 0 Å². The van der Waals surface area contributed by atoms with E-state index in [1.807, 2.05) is 6.07 Å². The molecule has 0 saturated carbocycles. The van der Waals surface area contributed by atoms with Gasteiger partial charge in [0, 0.05) is 35.9 Å². The van der Waals surface area contributed by atoms with Crippen LogP contribution >= 0.6 is 0 Å². The van der Waals surface area contributed by atoms with Crippen LogP contribution in [-0.4, -0.2) is 50.1 Å². The lowest BCUT2D eigenvalue weighted by Gasteiger charge is -2.35. The molecule has 2 aromatic rings. The molecule has 1 aliphatic heterocycles. The third kappa shape index (κ3) is 7.07. The van der Waals surface area contributed by atoms with Gasteiger partial charge in [-0.2, -0.15) is 0 Å². The van der Waals surface area contributed by atoms with Crippen molar-refractivity contribution in [3.63, 3.8) is 0 Å². The summed E-state index contributed by atoms with van der Waals surface area (Å²) in [4.78, 5) is 26.1. The van der Waals surface area contributed by atoms with Gasteiger partial charge in [-0.1, -0.05) is 18.2 Å². The van der Waals surface area contributed by atoms with E-state index in [1.165, 1.54) is 13.0 Å². The molecular formula is C27H36FN3O5S. The van der Waals surface area contributed by atoms with Crippen LogP contribution < -0.4 is 10.0 Å². The number of aryl methyl sites for hydroxylation is 1. The number of ether oxygens (including phenoxy) is 1. The van der Waals surface area contributed by atoms with Gasteiger partial charge in [0.2, 0.25) is 10.0 Å². The molecule has 202 valence electrons. The van der Waals surface area contributed by atoms with Crippen molar-refractivity contribution in [3.05, 3.63) is 58.9 Å². The number of likely N-dealkylation sites (tertiary alicyclic amines) is 1. The second-order valence-corrected chi connectivity index (χ2v) is 12.2. The van der Waals surface area contributed by atoms with Gasteiger partial charge < -0.3 is 15.0 Å². The minimum Gasteiger partial charge on any atom is -0.444 e. The molecule has 2 amide bonds. The molecule has 0 spiro atoms. The van der Waals surface area contributed by atoms with Crippen LogP contribution in [0.15, 0.2) is 41.3 Å². The lowest BCUT2D eigenvalue weighted by Crippen LogP contribution is -2.46. The number of hydrogen-bond acceptors (Lipinski definition) is 5. The predicted molar refractivity (Wildman–Crippen MR) is 141 cm³/mol. The van der Waals surface area contributed by atoms with Gasteiger partial charge in [-0.05, 0) is 84.1 Å². The summed E-state index contributed by atoms with van der Waals surface area (Å²) in [6.07, 6.45) is 0.800. The normalized spacial score (nSPS) is 15.8. The van der Waals surface area contributed by atoms with Crippen LogP contribution in [0.1, 0.15) is 62.0 Å². The Kier molecular flexibility index (Phi) is 8.64. The molecule has 0 aliphatic carbocycles. The summed E-state index contributed by atoms with van der Waals surface area (Å²) < 4.78 is 49.4. The molecule has 8 nitrogen and oxygen atoms in total. The zero-order valence-electron chi connectivity index (χ0n) is 22.2. The standard InChI is InChI=1S/C27H36FN3O5S/c1-17-9-7-8-10-21(17)25(32)29-22-11-12-23(24(28)18(22)2)37(34,35)30-19(3)20-13-15-31(16-14-20)26(33)36-27(4,5)6/h7-12,19-20,30H,13-16H2,1-6H3,(H,29,32)/t19-/m1/s1. The Morgan fingerprint density at radius 1 is 1.08 bits per heavy atom. The first kappa shape index (κ1) is 28.6. The molecule has 2 aromatic carbocycles. The monoisotopic (exact) mass is 533 g/mol. The average molecular weight is 534 g/mol. The van der Waals surface area contributed by atoms with Gasteiger partial charge in [-0.15, -0.1) is 0 Å². The second-order valence-electron chi connectivity index (χ2n) is 10.5. The number of nitrogens with one attached hydrogen (secondary N) is 2. The summed E-state index contributed by atoms with van der Waals surface area (Å²) in [7, 11) is -4.16. The van der Waals surface area contributed by atoms with Crippen LogP contribution in [0.4, 0.5) is 14.9 Å². The largest absolute Gasteiger partial charge is 0.444 e. The van der Waals surface area contributed by atoms with E-state index in [4.69, 9.17) is 4.74 Å². The highest BCUT2D eigenvalue weighted by Crippen LogP contribution is 2.28. The summed E-state index contributed by atoms with van der Waals surface area (Å²) in [5.41, 5.74) is 0.868. The molecule has 1 aliphatic rings. The van der Waals surface area contributed by atoms with Crippen molar-refractivity contribution < 1.29 is 27.1 Å². The molecule has 0 aromatic heterocycles. The summed E-state index contributed by atoms with van der Waals surface area (Å²) in [6.45, 7) is 11.3. The molecule has 37 heavy (non-hydrogen) atoms. The van der Waals surface area contributed by atoms with Gasteiger partial charge >= 0.3 is 6.09 Å². The van der Waals surface area contributed by atoms with E-state index in [9.17, 15) is 18.0 Å². The number of sulfonamides is 1. The number of benzene rings is 2. The molecule has 0 radical (unpaired) electrons. The molecular weight excluding hydrogens is 497 g/mol. The zero-order chi connectivity index (χ0) is 27.5. The predicted octanol–water partition coefficient (Wildman–Crippen LogP) is 5.01. The van der Waals surface area contributed by atoms with E-state index in [0.717, 1.165) is 11.6 Å². The van der Waals surface area contributed by atoms with Crippen LogP contribution in [-0.2, 0) is 14.8 Å². The fourth-order valence-electron chi connectivity index (χ4n) is 4.33. The highest BCUT2D eigenvalue weighted by Gasteiger charge is 2.32. The number of nitrogens with zero attached hydrogens (tertiary/aromatic N) is 1. The molecule has 1 atom stereocenters. The quantitative estimate of drug-likeness (QED) is 0.543. The Morgan fingerprint density at radius 3 is 2.30 bits per heavy atom. The Balaban J connectivity index is 1.66. The minimum absolute atomic E-state index is 0.0229. The summed E-state index contributed by atoms with van der Waals surface area (Å²) in [5.74, 6) is -1.34. The highest BCUT2D eigenvalue weighted by molar-refractivity contribution is 7.89. The van der Waals surface area contributed by atoms with E-state index < -0.39 is 38.3 Å². The number of amides is 2. The number of anilines is 1. The first-order chi connectivity index (χ1) is 17.2. The van der Waals surface area contributed by atoms with Crippen molar-refractivity contribution in [1.29, 1.82) is 0 Å². The van der Waals surface area contributed by atoms with Gasteiger partial charge in [0.1, 0.15) is 16.3 Å². The van der Waals surface area contributed by atoms with E-state index in [1.54, 1.807) is 57.7 Å². The van der Waals surface area contributed by atoms with Crippen LogP contribution in [0.3, 0.4) is 0 Å². The molecule has 0 unspecified atom stereocenters. The van der Waals surface area contributed by atoms with Gasteiger partial charge in [-0.3, -0.25) is 4.79 Å². The molecule has 1 heterocycles. The minimum atomic E-state index is -4.16.